The van der Waals surface area contributed by atoms with Gasteiger partial charge in [-0.1, -0.05) is 12.5 Å². The number of anilines is 1. The van der Waals surface area contributed by atoms with Crippen molar-refractivity contribution in [2.24, 2.45) is 0 Å². The van der Waals surface area contributed by atoms with E-state index in [4.69, 9.17) is 9.47 Å². The fraction of sp³-hybridized carbons (Fsp3) is 0.467. The molecule has 3 nitrogen and oxygen atoms in total. The maximum Gasteiger partial charge on any atom is 0.142 e. The van der Waals surface area contributed by atoms with Crippen LogP contribution in [-0.2, 0) is 0 Å². The summed E-state index contributed by atoms with van der Waals surface area (Å²) in [7, 11) is 3.35. The van der Waals surface area contributed by atoms with E-state index in [9.17, 15) is 0 Å². The number of benzene rings is 1. The monoisotopic (exact) mass is 249 g/mol. The van der Waals surface area contributed by atoms with E-state index in [2.05, 4.69) is 11.9 Å². The second-order valence-electron chi connectivity index (χ2n) is 4.13. The minimum absolute atomic E-state index is 0.838. The Morgan fingerprint density at radius 1 is 1.17 bits per heavy atom. The lowest BCUT2D eigenvalue weighted by molar-refractivity contribution is 0.404. The Labute approximate surface area is 110 Å². The van der Waals surface area contributed by atoms with Gasteiger partial charge in [-0.15, -0.1) is 6.58 Å². The molecule has 0 amide bonds. The third-order valence-electron chi connectivity index (χ3n) is 2.81. The van der Waals surface area contributed by atoms with E-state index >= 15 is 0 Å². The Balaban J connectivity index is 2.42. The second-order valence-corrected chi connectivity index (χ2v) is 4.13. The summed E-state index contributed by atoms with van der Waals surface area (Å²) < 4.78 is 10.5. The quantitative estimate of drug-likeness (QED) is 0.532. The van der Waals surface area contributed by atoms with E-state index in [1.165, 1.54) is 12.8 Å². The predicted molar refractivity (Wildman–Crippen MR) is 76.7 cm³/mol. The predicted octanol–water partition coefficient (Wildman–Crippen LogP) is 3.86. The lowest BCUT2D eigenvalue weighted by Gasteiger charge is -2.12. The van der Waals surface area contributed by atoms with E-state index in [0.29, 0.717) is 0 Å². The van der Waals surface area contributed by atoms with Crippen LogP contribution in [0.5, 0.6) is 11.5 Å². The first-order valence-corrected chi connectivity index (χ1v) is 6.38. The number of methoxy groups -OCH3 is 2. The molecule has 1 aromatic carbocycles. The van der Waals surface area contributed by atoms with Crippen LogP contribution in [0.25, 0.3) is 0 Å². The number of hydrogen-bond donors (Lipinski definition) is 1. The molecule has 18 heavy (non-hydrogen) atoms. The molecule has 1 N–H and O–H groups in total. The van der Waals surface area contributed by atoms with Crippen molar-refractivity contribution in [2.45, 2.75) is 25.7 Å². The molecule has 3 heteroatoms. The Morgan fingerprint density at radius 3 is 2.67 bits per heavy atom. The van der Waals surface area contributed by atoms with Crippen molar-refractivity contribution in [2.75, 3.05) is 26.1 Å². The Hall–Kier alpha value is -1.64. The molecule has 0 atom stereocenters. The minimum atomic E-state index is 0.838. The number of allylic oxidation sites excluding steroid dienone is 1. The third-order valence-corrected chi connectivity index (χ3v) is 2.81. The largest absolute Gasteiger partial charge is 0.497 e. The highest BCUT2D eigenvalue weighted by Crippen LogP contribution is 2.28. The zero-order valence-electron chi connectivity index (χ0n) is 11.4. The van der Waals surface area contributed by atoms with Crippen LogP contribution in [0.4, 0.5) is 5.69 Å². The van der Waals surface area contributed by atoms with Gasteiger partial charge < -0.3 is 14.8 Å². The van der Waals surface area contributed by atoms with Crippen LogP contribution in [0, 0.1) is 0 Å². The maximum absolute atomic E-state index is 5.31. The Morgan fingerprint density at radius 2 is 2.00 bits per heavy atom. The fourth-order valence-electron chi connectivity index (χ4n) is 1.77. The molecule has 0 bridgehead atoms. The number of unbranched alkanes of at least 4 members (excludes halogenated alkanes) is 3. The van der Waals surface area contributed by atoms with Gasteiger partial charge in [0.25, 0.3) is 0 Å². The van der Waals surface area contributed by atoms with Gasteiger partial charge in [-0.05, 0) is 31.4 Å². The zero-order valence-corrected chi connectivity index (χ0v) is 11.4. The molecule has 1 rings (SSSR count). The maximum atomic E-state index is 5.31. The molecule has 0 radical (unpaired) electrons. The summed E-state index contributed by atoms with van der Waals surface area (Å²) in [6, 6.07) is 5.77. The minimum Gasteiger partial charge on any atom is -0.497 e. The highest BCUT2D eigenvalue weighted by molar-refractivity contribution is 5.59. The molecule has 0 saturated heterocycles. The van der Waals surface area contributed by atoms with E-state index in [1.807, 2.05) is 24.3 Å². The van der Waals surface area contributed by atoms with Gasteiger partial charge in [-0.3, -0.25) is 0 Å². The number of hydrogen-bond acceptors (Lipinski definition) is 3. The van der Waals surface area contributed by atoms with Crippen molar-refractivity contribution in [3.05, 3.63) is 30.9 Å². The van der Waals surface area contributed by atoms with Crippen molar-refractivity contribution in [3.8, 4) is 11.5 Å². The van der Waals surface area contributed by atoms with Crippen LogP contribution >= 0.6 is 0 Å². The average Bonchev–Trinajstić information content (AvgIpc) is 2.42. The summed E-state index contributed by atoms with van der Waals surface area (Å²) in [5, 5.41) is 3.38. The molecular formula is C15H23NO2. The van der Waals surface area contributed by atoms with E-state index < -0.39 is 0 Å². The van der Waals surface area contributed by atoms with Crippen LogP contribution in [0.15, 0.2) is 30.9 Å². The van der Waals surface area contributed by atoms with Crippen LogP contribution in [-0.4, -0.2) is 20.8 Å². The molecule has 0 unspecified atom stereocenters. The highest BCUT2D eigenvalue weighted by atomic mass is 16.5. The standard InChI is InChI=1S/C15H23NO2/c1-4-5-6-7-8-11-16-14-12-13(17-2)9-10-15(14)18-3/h4,9-10,12,16H,1,5-8,11H2,2-3H3. The molecule has 0 aliphatic carbocycles. The van der Waals surface area contributed by atoms with Crippen molar-refractivity contribution in [3.63, 3.8) is 0 Å². The summed E-state index contributed by atoms with van der Waals surface area (Å²) in [5.41, 5.74) is 0.987. The Bertz CT molecular complexity index is 364. The lowest BCUT2D eigenvalue weighted by Crippen LogP contribution is -2.03. The molecule has 0 aliphatic rings. The summed E-state index contributed by atoms with van der Waals surface area (Å²) in [6.07, 6.45) is 6.64. The molecular weight excluding hydrogens is 226 g/mol. The molecule has 0 heterocycles. The highest BCUT2D eigenvalue weighted by Gasteiger charge is 2.03. The van der Waals surface area contributed by atoms with Crippen LogP contribution in [0.1, 0.15) is 25.7 Å². The number of nitrogens with one attached hydrogen (secondary N) is 1. The van der Waals surface area contributed by atoms with Gasteiger partial charge in [0, 0.05) is 12.6 Å². The van der Waals surface area contributed by atoms with Gasteiger partial charge in [0.05, 0.1) is 19.9 Å². The average molecular weight is 249 g/mol. The van der Waals surface area contributed by atoms with Crippen molar-refractivity contribution < 1.29 is 9.47 Å². The van der Waals surface area contributed by atoms with Crippen molar-refractivity contribution >= 4 is 5.69 Å². The third kappa shape index (κ3) is 4.70. The first-order chi connectivity index (χ1) is 8.81. The van der Waals surface area contributed by atoms with E-state index in [1.54, 1.807) is 14.2 Å². The van der Waals surface area contributed by atoms with Gasteiger partial charge in [-0.25, -0.2) is 0 Å². The molecule has 0 spiro atoms. The SMILES string of the molecule is C=CCCCCCNc1cc(OC)ccc1OC. The normalized spacial score (nSPS) is 9.89. The van der Waals surface area contributed by atoms with Gasteiger partial charge >= 0.3 is 0 Å². The van der Waals surface area contributed by atoms with Crippen molar-refractivity contribution in [1.29, 1.82) is 0 Å². The first kappa shape index (κ1) is 14.4. The van der Waals surface area contributed by atoms with Gasteiger partial charge in [0.2, 0.25) is 0 Å². The second kappa shape index (κ2) is 8.45. The fourth-order valence-corrected chi connectivity index (χ4v) is 1.77. The first-order valence-electron chi connectivity index (χ1n) is 6.38. The molecule has 0 fully saturated rings. The summed E-state index contributed by atoms with van der Waals surface area (Å²) in [6.45, 7) is 4.67. The lowest BCUT2D eigenvalue weighted by atomic mass is 10.2. The van der Waals surface area contributed by atoms with E-state index in [0.717, 1.165) is 36.6 Å². The molecule has 100 valence electrons. The summed E-state index contributed by atoms with van der Waals surface area (Å²) in [4.78, 5) is 0. The molecule has 0 aliphatic heterocycles. The zero-order chi connectivity index (χ0) is 13.2. The molecule has 0 saturated carbocycles. The van der Waals surface area contributed by atoms with Gasteiger partial charge in [0.1, 0.15) is 11.5 Å². The van der Waals surface area contributed by atoms with E-state index in [-0.39, 0.29) is 0 Å². The van der Waals surface area contributed by atoms with Gasteiger partial charge in [0.15, 0.2) is 0 Å². The van der Waals surface area contributed by atoms with Gasteiger partial charge in [-0.2, -0.15) is 0 Å². The van der Waals surface area contributed by atoms with Crippen LogP contribution < -0.4 is 14.8 Å². The number of rotatable bonds is 9. The van der Waals surface area contributed by atoms with Crippen LogP contribution in [0.3, 0.4) is 0 Å². The van der Waals surface area contributed by atoms with Crippen LogP contribution in [0.2, 0.25) is 0 Å². The molecule has 1 aromatic rings. The smallest absolute Gasteiger partial charge is 0.142 e. The Kier molecular flexibility index (Phi) is 6.77. The molecule has 0 aromatic heterocycles. The topological polar surface area (TPSA) is 30.5 Å². The summed E-state index contributed by atoms with van der Waals surface area (Å²) >= 11 is 0. The van der Waals surface area contributed by atoms with Crippen molar-refractivity contribution in [1.82, 2.24) is 0 Å². The number of ether oxygens (including phenoxy) is 2. The summed E-state index contributed by atoms with van der Waals surface area (Å²) in [5.74, 6) is 1.69.